The molecule has 0 aliphatic heterocycles. The Morgan fingerprint density at radius 2 is 2.05 bits per heavy atom. The Labute approximate surface area is 117 Å². The molecular formula is C15H30N2O2. The average Bonchev–Trinajstić information content (AvgIpc) is 2.32. The van der Waals surface area contributed by atoms with E-state index in [4.69, 9.17) is 10.5 Å². The SMILES string of the molecule is CCOC1CC(CC(=O)N(C)CCC(N)C(C)C)C1. The van der Waals surface area contributed by atoms with E-state index in [2.05, 4.69) is 13.8 Å². The molecule has 4 nitrogen and oxygen atoms in total. The minimum Gasteiger partial charge on any atom is -0.378 e. The van der Waals surface area contributed by atoms with Crippen LogP contribution in [-0.2, 0) is 9.53 Å². The molecule has 1 rings (SSSR count). The highest BCUT2D eigenvalue weighted by Crippen LogP contribution is 2.32. The Morgan fingerprint density at radius 3 is 2.58 bits per heavy atom. The molecule has 1 fully saturated rings. The van der Waals surface area contributed by atoms with Crippen molar-refractivity contribution in [3.05, 3.63) is 0 Å². The van der Waals surface area contributed by atoms with Crippen LogP contribution in [0.4, 0.5) is 0 Å². The fraction of sp³-hybridized carbons (Fsp3) is 0.933. The predicted molar refractivity (Wildman–Crippen MR) is 77.8 cm³/mol. The van der Waals surface area contributed by atoms with Crippen LogP contribution < -0.4 is 5.73 Å². The molecule has 0 bridgehead atoms. The first kappa shape index (κ1) is 16.4. The molecule has 0 aromatic rings. The summed E-state index contributed by atoms with van der Waals surface area (Å²) in [6, 6.07) is 0.182. The van der Waals surface area contributed by atoms with E-state index in [1.165, 1.54) is 0 Å². The number of hydrogen-bond donors (Lipinski definition) is 1. The molecule has 2 N–H and O–H groups in total. The Bertz CT molecular complexity index is 275. The summed E-state index contributed by atoms with van der Waals surface area (Å²) < 4.78 is 5.51. The van der Waals surface area contributed by atoms with Gasteiger partial charge in [0.1, 0.15) is 0 Å². The van der Waals surface area contributed by atoms with Crippen molar-refractivity contribution in [2.75, 3.05) is 20.2 Å². The van der Waals surface area contributed by atoms with Gasteiger partial charge >= 0.3 is 0 Å². The molecule has 1 aliphatic rings. The van der Waals surface area contributed by atoms with E-state index in [1.807, 2.05) is 18.9 Å². The molecule has 4 heteroatoms. The Kier molecular flexibility index (Phi) is 6.80. The Balaban J connectivity index is 2.16. The first-order valence-corrected chi connectivity index (χ1v) is 7.55. The van der Waals surface area contributed by atoms with Gasteiger partial charge in [-0.25, -0.2) is 0 Å². The average molecular weight is 270 g/mol. The normalized spacial score (nSPS) is 24.1. The minimum atomic E-state index is 0.182. The van der Waals surface area contributed by atoms with E-state index >= 15 is 0 Å². The summed E-state index contributed by atoms with van der Waals surface area (Å²) >= 11 is 0. The maximum absolute atomic E-state index is 12.0. The Morgan fingerprint density at radius 1 is 1.42 bits per heavy atom. The van der Waals surface area contributed by atoms with Crippen LogP contribution in [0, 0.1) is 11.8 Å². The summed E-state index contributed by atoms with van der Waals surface area (Å²) in [5.74, 6) is 1.24. The van der Waals surface area contributed by atoms with E-state index in [0.717, 1.165) is 32.4 Å². The van der Waals surface area contributed by atoms with E-state index in [9.17, 15) is 4.79 Å². The predicted octanol–water partition coefficient (Wildman–Crippen LogP) is 2.02. The van der Waals surface area contributed by atoms with Crippen LogP contribution in [0.25, 0.3) is 0 Å². The van der Waals surface area contributed by atoms with E-state index < -0.39 is 0 Å². The molecule has 1 saturated carbocycles. The monoisotopic (exact) mass is 270 g/mol. The van der Waals surface area contributed by atoms with Gasteiger partial charge in [-0.3, -0.25) is 4.79 Å². The zero-order chi connectivity index (χ0) is 14.4. The van der Waals surface area contributed by atoms with Crippen molar-refractivity contribution in [2.24, 2.45) is 17.6 Å². The lowest BCUT2D eigenvalue weighted by Gasteiger charge is -2.35. The maximum Gasteiger partial charge on any atom is 0.222 e. The van der Waals surface area contributed by atoms with Gasteiger partial charge in [0.25, 0.3) is 0 Å². The van der Waals surface area contributed by atoms with Crippen LogP contribution in [0.15, 0.2) is 0 Å². The molecule has 19 heavy (non-hydrogen) atoms. The van der Waals surface area contributed by atoms with Crippen LogP contribution in [-0.4, -0.2) is 43.2 Å². The lowest BCUT2D eigenvalue weighted by molar-refractivity contribution is -0.133. The molecule has 0 saturated heterocycles. The summed E-state index contributed by atoms with van der Waals surface area (Å²) in [5.41, 5.74) is 6.00. The van der Waals surface area contributed by atoms with Crippen molar-refractivity contribution in [2.45, 2.75) is 58.6 Å². The summed E-state index contributed by atoms with van der Waals surface area (Å²) in [5, 5.41) is 0. The number of amides is 1. The van der Waals surface area contributed by atoms with Crippen molar-refractivity contribution >= 4 is 5.91 Å². The number of nitrogens with zero attached hydrogens (tertiary/aromatic N) is 1. The van der Waals surface area contributed by atoms with Crippen LogP contribution in [0.1, 0.15) is 46.5 Å². The van der Waals surface area contributed by atoms with Crippen LogP contribution in [0.2, 0.25) is 0 Å². The molecule has 1 amide bonds. The molecule has 1 atom stereocenters. The van der Waals surface area contributed by atoms with Crippen LogP contribution in [0.3, 0.4) is 0 Å². The van der Waals surface area contributed by atoms with Gasteiger partial charge in [0.15, 0.2) is 0 Å². The highest BCUT2D eigenvalue weighted by atomic mass is 16.5. The second-order valence-electron chi connectivity index (χ2n) is 6.13. The van der Waals surface area contributed by atoms with Gasteiger partial charge < -0.3 is 15.4 Å². The van der Waals surface area contributed by atoms with Crippen LogP contribution in [0.5, 0.6) is 0 Å². The molecule has 112 valence electrons. The number of carbonyl (C=O) groups excluding carboxylic acids is 1. The van der Waals surface area contributed by atoms with E-state index in [-0.39, 0.29) is 11.9 Å². The zero-order valence-electron chi connectivity index (χ0n) is 12.9. The summed E-state index contributed by atoms with van der Waals surface area (Å²) in [4.78, 5) is 13.9. The van der Waals surface area contributed by atoms with Gasteiger partial charge in [0.2, 0.25) is 5.91 Å². The molecule has 0 spiro atoms. The third-order valence-electron chi connectivity index (χ3n) is 4.14. The summed E-state index contributed by atoms with van der Waals surface area (Å²) in [7, 11) is 1.88. The number of carbonyl (C=O) groups is 1. The van der Waals surface area contributed by atoms with Crippen molar-refractivity contribution in [3.8, 4) is 0 Å². The molecule has 0 heterocycles. The highest BCUT2D eigenvalue weighted by Gasteiger charge is 2.31. The Hall–Kier alpha value is -0.610. The van der Waals surface area contributed by atoms with E-state index in [1.54, 1.807) is 0 Å². The van der Waals surface area contributed by atoms with Crippen molar-refractivity contribution in [3.63, 3.8) is 0 Å². The standard InChI is InChI=1S/C15H30N2O2/c1-5-19-13-8-12(9-13)10-15(18)17(4)7-6-14(16)11(2)3/h11-14H,5-10,16H2,1-4H3. The fourth-order valence-electron chi connectivity index (χ4n) is 2.42. The van der Waals surface area contributed by atoms with Gasteiger partial charge in [-0.05, 0) is 38.0 Å². The first-order chi connectivity index (χ1) is 8.93. The zero-order valence-corrected chi connectivity index (χ0v) is 12.9. The third-order valence-corrected chi connectivity index (χ3v) is 4.14. The molecular weight excluding hydrogens is 240 g/mol. The quantitative estimate of drug-likeness (QED) is 0.734. The third kappa shape index (κ3) is 5.49. The molecule has 0 aromatic heterocycles. The van der Waals surface area contributed by atoms with Crippen molar-refractivity contribution in [1.82, 2.24) is 4.90 Å². The van der Waals surface area contributed by atoms with Gasteiger partial charge in [-0.2, -0.15) is 0 Å². The maximum atomic E-state index is 12.0. The van der Waals surface area contributed by atoms with Gasteiger partial charge in [-0.15, -0.1) is 0 Å². The number of hydrogen-bond acceptors (Lipinski definition) is 3. The smallest absolute Gasteiger partial charge is 0.222 e. The molecule has 0 radical (unpaired) electrons. The van der Waals surface area contributed by atoms with Gasteiger partial charge in [0, 0.05) is 32.7 Å². The highest BCUT2D eigenvalue weighted by molar-refractivity contribution is 5.76. The van der Waals surface area contributed by atoms with Gasteiger partial charge in [-0.1, -0.05) is 13.8 Å². The second kappa shape index (κ2) is 7.85. The summed E-state index contributed by atoms with van der Waals surface area (Å²) in [6.07, 6.45) is 4.02. The first-order valence-electron chi connectivity index (χ1n) is 7.55. The topological polar surface area (TPSA) is 55.6 Å². The van der Waals surface area contributed by atoms with Crippen molar-refractivity contribution < 1.29 is 9.53 Å². The minimum absolute atomic E-state index is 0.182. The van der Waals surface area contributed by atoms with Crippen molar-refractivity contribution in [1.29, 1.82) is 0 Å². The van der Waals surface area contributed by atoms with E-state index in [0.29, 0.717) is 24.4 Å². The lowest BCUT2D eigenvalue weighted by Crippen LogP contribution is -2.38. The summed E-state index contributed by atoms with van der Waals surface area (Å²) in [6.45, 7) is 7.80. The lowest BCUT2D eigenvalue weighted by atomic mass is 9.79. The number of nitrogens with two attached hydrogens (primary N) is 1. The molecule has 0 aromatic carbocycles. The number of ether oxygens (including phenoxy) is 1. The van der Waals surface area contributed by atoms with Gasteiger partial charge in [0.05, 0.1) is 6.10 Å². The number of rotatable bonds is 8. The molecule has 1 aliphatic carbocycles. The van der Waals surface area contributed by atoms with Crippen LogP contribution >= 0.6 is 0 Å². The molecule has 1 unspecified atom stereocenters. The second-order valence-corrected chi connectivity index (χ2v) is 6.13. The fourth-order valence-corrected chi connectivity index (χ4v) is 2.42. The largest absolute Gasteiger partial charge is 0.378 e.